The third kappa shape index (κ3) is 1.96. The highest BCUT2D eigenvalue weighted by Gasteiger charge is 2.40. The Hall–Kier alpha value is -1.33. The van der Waals surface area contributed by atoms with E-state index in [0.717, 1.165) is 5.57 Å². The molecule has 0 fully saturated rings. The lowest BCUT2D eigenvalue weighted by Gasteiger charge is -2.30. The quantitative estimate of drug-likeness (QED) is 0.801. The fraction of sp³-hybridized carbons (Fsp3) is 0.273. The number of primary amides is 1. The summed E-state index contributed by atoms with van der Waals surface area (Å²) >= 11 is 7.95. The van der Waals surface area contributed by atoms with Crippen LogP contribution in [0.1, 0.15) is 18.4 Å². The van der Waals surface area contributed by atoms with Gasteiger partial charge < -0.3 is 11.5 Å². The first-order chi connectivity index (χ1) is 7.95. The van der Waals surface area contributed by atoms with E-state index in [1.165, 1.54) is 11.3 Å². The van der Waals surface area contributed by atoms with E-state index >= 15 is 0 Å². The second kappa shape index (κ2) is 4.16. The molecular formula is C11H12ClN3OS. The van der Waals surface area contributed by atoms with Gasteiger partial charge in [-0.2, -0.15) is 0 Å². The van der Waals surface area contributed by atoms with Crippen LogP contribution < -0.4 is 11.5 Å². The minimum Gasteiger partial charge on any atom is -0.400 e. The molecule has 1 aliphatic carbocycles. The van der Waals surface area contributed by atoms with Gasteiger partial charge in [0, 0.05) is 29.3 Å². The van der Waals surface area contributed by atoms with Crippen molar-refractivity contribution < 1.29 is 4.79 Å². The van der Waals surface area contributed by atoms with E-state index < -0.39 is 10.8 Å². The topological polar surface area (TPSA) is 82.0 Å². The number of halogens is 1. The molecule has 0 saturated heterocycles. The van der Waals surface area contributed by atoms with Crippen molar-refractivity contribution in [1.82, 2.24) is 4.98 Å². The summed E-state index contributed by atoms with van der Waals surface area (Å²) in [5.41, 5.74) is 13.1. The minimum absolute atomic E-state index is 0.278. The maximum atomic E-state index is 11.3. The van der Waals surface area contributed by atoms with Gasteiger partial charge in [-0.1, -0.05) is 0 Å². The van der Waals surface area contributed by atoms with Crippen LogP contribution in [0, 0.1) is 0 Å². The number of carbonyl (C=O) groups is 1. The monoisotopic (exact) mass is 269 g/mol. The van der Waals surface area contributed by atoms with Crippen molar-refractivity contribution in [3.05, 3.63) is 39.5 Å². The van der Waals surface area contributed by atoms with Gasteiger partial charge in [-0.25, -0.2) is 4.98 Å². The zero-order valence-electron chi connectivity index (χ0n) is 9.24. The molecule has 0 spiro atoms. The van der Waals surface area contributed by atoms with Crippen LogP contribution in [0.2, 0.25) is 0 Å². The maximum Gasteiger partial charge on any atom is 0.244 e. The number of aromatic nitrogens is 1. The SMILES string of the molecule is CC1=C(N)C(Cl)(c2nccs2)CC(C(N)=O)=C1. The third-order valence-electron chi connectivity index (χ3n) is 2.76. The number of alkyl halides is 1. The molecule has 90 valence electrons. The summed E-state index contributed by atoms with van der Waals surface area (Å²) < 4.78 is 0. The van der Waals surface area contributed by atoms with Crippen molar-refractivity contribution in [2.24, 2.45) is 11.5 Å². The largest absolute Gasteiger partial charge is 0.400 e. The zero-order chi connectivity index (χ0) is 12.6. The molecule has 1 aromatic rings. The lowest BCUT2D eigenvalue weighted by Crippen LogP contribution is -2.33. The van der Waals surface area contributed by atoms with Crippen LogP contribution in [0.4, 0.5) is 0 Å². The minimum atomic E-state index is -0.947. The molecule has 1 heterocycles. The fourth-order valence-corrected chi connectivity index (χ4v) is 3.05. The second-order valence-corrected chi connectivity index (χ2v) is 5.49. The van der Waals surface area contributed by atoms with Crippen molar-refractivity contribution in [3.8, 4) is 0 Å². The first kappa shape index (κ1) is 12.1. The molecule has 2 rings (SSSR count). The number of allylic oxidation sites excluding steroid dienone is 3. The van der Waals surface area contributed by atoms with Crippen molar-refractivity contribution >= 4 is 28.8 Å². The molecule has 1 aliphatic rings. The number of hydrogen-bond acceptors (Lipinski definition) is 4. The van der Waals surface area contributed by atoms with E-state index in [0.29, 0.717) is 16.3 Å². The van der Waals surface area contributed by atoms with Gasteiger partial charge in [0.05, 0.1) is 0 Å². The number of nitrogens with zero attached hydrogens (tertiary/aromatic N) is 1. The van der Waals surface area contributed by atoms with Gasteiger partial charge in [0.15, 0.2) is 0 Å². The van der Waals surface area contributed by atoms with Crippen LogP contribution in [-0.2, 0) is 9.67 Å². The zero-order valence-corrected chi connectivity index (χ0v) is 10.8. The van der Waals surface area contributed by atoms with Gasteiger partial charge in [0.1, 0.15) is 9.88 Å². The summed E-state index contributed by atoms with van der Waals surface area (Å²) in [6.07, 6.45) is 3.63. The first-order valence-electron chi connectivity index (χ1n) is 5.01. The van der Waals surface area contributed by atoms with Crippen molar-refractivity contribution in [2.75, 3.05) is 0 Å². The number of amides is 1. The highest BCUT2D eigenvalue weighted by molar-refractivity contribution is 7.10. The van der Waals surface area contributed by atoms with Gasteiger partial charge in [-0.05, 0) is 18.6 Å². The van der Waals surface area contributed by atoms with Crippen molar-refractivity contribution in [2.45, 2.75) is 18.2 Å². The number of rotatable bonds is 2. The van der Waals surface area contributed by atoms with Crippen LogP contribution >= 0.6 is 22.9 Å². The van der Waals surface area contributed by atoms with Crippen LogP contribution in [0.3, 0.4) is 0 Å². The molecule has 0 aromatic carbocycles. The van der Waals surface area contributed by atoms with Crippen LogP contribution in [0.15, 0.2) is 34.5 Å². The Kier molecular flexibility index (Phi) is 2.97. The highest BCUT2D eigenvalue weighted by atomic mass is 35.5. The Labute approximate surface area is 108 Å². The van der Waals surface area contributed by atoms with Gasteiger partial charge in [-0.15, -0.1) is 22.9 Å². The Morgan fingerprint density at radius 1 is 1.65 bits per heavy atom. The second-order valence-electron chi connectivity index (χ2n) is 3.95. The smallest absolute Gasteiger partial charge is 0.244 e. The summed E-state index contributed by atoms with van der Waals surface area (Å²) in [5, 5.41) is 2.51. The molecule has 1 atom stereocenters. The number of hydrogen-bond donors (Lipinski definition) is 2. The standard InChI is InChI=1S/C11H12ClN3OS/c1-6-4-7(9(14)16)5-11(12,8(6)13)10-15-2-3-17-10/h2-4H,5,13H2,1H3,(H2,14,16). The first-order valence-corrected chi connectivity index (χ1v) is 6.27. The van der Waals surface area contributed by atoms with Crippen LogP contribution in [0.25, 0.3) is 0 Å². The molecule has 1 amide bonds. The van der Waals surface area contributed by atoms with Gasteiger partial charge in [0.25, 0.3) is 0 Å². The molecular weight excluding hydrogens is 258 g/mol. The van der Waals surface area contributed by atoms with Crippen molar-refractivity contribution in [3.63, 3.8) is 0 Å². The van der Waals surface area contributed by atoms with Crippen molar-refractivity contribution in [1.29, 1.82) is 0 Å². The van der Waals surface area contributed by atoms with E-state index in [2.05, 4.69) is 4.98 Å². The lowest BCUT2D eigenvalue weighted by atomic mass is 9.87. The van der Waals surface area contributed by atoms with E-state index in [-0.39, 0.29) is 6.42 Å². The predicted octanol–water partition coefficient (Wildman–Crippen LogP) is 1.63. The number of thiazole rings is 1. The Morgan fingerprint density at radius 2 is 2.35 bits per heavy atom. The molecule has 1 unspecified atom stereocenters. The Balaban J connectivity index is 2.52. The number of carbonyl (C=O) groups excluding carboxylic acids is 1. The average molecular weight is 270 g/mol. The van der Waals surface area contributed by atoms with Crippen LogP contribution in [-0.4, -0.2) is 10.9 Å². The summed E-state index contributed by atoms with van der Waals surface area (Å²) in [5.74, 6) is -0.474. The Morgan fingerprint density at radius 3 is 2.88 bits per heavy atom. The van der Waals surface area contributed by atoms with E-state index in [1.807, 2.05) is 12.3 Å². The molecule has 4 N–H and O–H groups in total. The molecule has 0 saturated carbocycles. The summed E-state index contributed by atoms with van der Waals surface area (Å²) in [7, 11) is 0. The van der Waals surface area contributed by atoms with E-state index in [1.54, 1.807) is 12.3 Å². The molecule has 6 heteroatoms. The molecule has 17 heavy (non-hydrogen) atoms. The maximum absolute atomic E-state index is 11.3. The molecule has 1 aromatic heterocycles. The fourth-order valence-electron chi connectivity index (χ4n) is 1.83. The van der Waals surface area contributed by atoms with Gasteiger partial charge >= 0.3 is 0 Å². The van der Waals surface area contributed by atoms with E-state index in [9.17, 15) is 4.79 Å². The van der Waals surface area contributed by atoms with Gasteiger partial charge in [0.2, 0.25) is 5.91 Å². The summed E-state index contributed by atoms with van der Waals surface area (Å²) in [6.45, 7) is 1.81. The molecule has 0 bridgehead atoms. The highest BCUT2D eigenvalue weighted by Crippen LogP contribution is 2.44. The molecule has 0 radical (unpaired) electrons. The third-order valence-corrected chi connectivity index (χ3v) is 4.33. The Bertz CT molecular complexity index is 521. The van der Waals surface area contributed by atoms with Crippen LogP contribution in [0.5, 0.6) is 0 Å². The number of nitrogens with two attached hydrogens (primary N) is 2. The van der Waals surface area contributed by atoms with Gasteiger partial charge in [-0.3, -0.25) is 4.79 Å². The average Bonchev–Trinajstić information content (AvgIpc) is 2.79. The normalized spacial score (nSPS) is 24.7. The summed E-state index contributed by atoms with van der Waals surface area (Å²) in [6, 6.07) is 0. The summed E-state index contributed by atoms with van der Waals surface area (Å²) in [4.78, 5) is 14.5. The molecule has 4 nitrogen and oxygen atoms in total. The molecule has 0 aliphatic heterocycles. The lowest BCUT2D eigenvalue weighted by molar-refractivity contribution is -0.114. The van der Waals surface area contributed by atoms with E-state index in [4.69, 9.17) is 23.1 Å². The predicted molar refractivity (Wildman–Crippen MR) is 68.4 cm³/mol.